The predicted molar refractivity (Wildman–Crippen MR) is 95.5 cm³/mol. The number of cyclic esters (lactones) is 1. The van der Waals surface area contributed by atoms with Gasteiger partial charge in [-0.1, -0.05) is 36.4 Å². The number of aromatic nitrogens is 1. The van der Waals surface area contributed by atoms with Gasteiger partial charge in [-0.2, -0.15) is 0 Å². The number of methoxy groups -OCH3 is 2. The van der Waals surface area contributed by atoms with Crippen molar-refractivity contribution in [2.45, 2.75) is 5.60 Å². The lowest BCUT2D eigenvalue weighted by atomic mass is 9.79. The predicted octanol–water partition coefficient (Wildman–Crippen LogP) is 3.56. The molecule has 0 aliphatic carbocycles. The molecule has 4 rings (SSSR count). The van der Waals surface area contributed by atoms with Gasteiger partial charge in [-0.15, -0.1) is 0 Å². The molecule has 5 nitrogen and oxygen atoms in total. The Hall–Kier alpha value is -3.34. The molecule has 0 amide bonds. The molecule has 0 fully saturated rings. The monoisotopic (exact) mass is 347 g/mol. The number of para-hydroxylation sites is 2. The number of pyridine rings is 1. The van der Waals surface area contributed by atoms with Gasteiger partial charge in [0.15, 0.2) is 5.60 Å². The molecule has 1 aromatic heterocycles. The van der Waals surface area contributed by atoms with Gasteiger partial charge < -0.3 is 14.2 Å². The first-order chi connectivity index (χ1) is 12.7. The summed E-state index contributed by atoms with van der Waals surface area (Å²) in [5.74, 6) is 0.816. The highest BCUT2D eigenvalue weighted by Crippen LogP contribution is 2.51. The Morgan fingerprint density at radius 1 is 0.846 bits per heavy atom. The van der Waals surface area contributed by atoms with Crippen LogP contribution >= 0.6 is 0 Å². The summed E-state index contributed by atoms with van der Waals surface area (Å²) in [6.45, 7) is 0. The van der Waals surface area contributed by atoms with Crippen LogP contribution in [0.2, 0.25) is 0 Å². The molecule has 0 radical (unpaired) electrons. The van der Waals surface area contributed by atoms with Gasteiger partial charge in [-0.3, -0.25) is 4.98 Å². The Labute approximate surface area is 151 Å². The van der Waals surface area contributed by atoms with Crippen molar-refractivity contribution < 1.29 is 19.0 Å². The Morgan fingerprint density at radius 2 is 1.42 bits per heavy atom. The number of fused-ring (bicyclic) bond motifs is 1. The molecule has 2 heterocycles. The van der Waals surface area contributed by atoms with E-state index in [0.29, 0.717) is 22.6 Å². The van der Waals surface area contributed by atoms with Crippen LogP contribution in [-0.2, 0) is 10.3 Å². The molecule has 0 saturated carbocycles. The van der Waals surface area contributed by atoms with E-state index in [4.69, 9.17) is 14.2 Å². The molecule has 26 heavy (non-hydrogen) atoms. The highest BCUT2D eigenvalue weighted by Gasteiger charge is 2.51. The van der Waals surface area contributed by atoms with Crippen molar-refractivity contribution in [3.8, 4) is 11.5 Å². The lowest BCUT2D eigenvalue weighted by Gasteiger charge is -2.32. The molecule has 0 atom stereocenters. The summed E-state index contributed by atoms with van der Waals surface area (Å²) < 4.78 is 17.2. The Morgan fingerprint density at radius 3 is 2.00 bits per heavy atom. The second-order valence-corrected chi connectivity index (χ2v) is 5.89. The zero-order valence-electron chi connectivity index (χ0n) is 14.4. The van der Waals surface area contributed by atoms with Crippen LogP contribution in [0.15, 0.2) is 67.0 Å². The molecule has 0 spiro atoms. The molecular formula is C21H17NO4. The lowest BCUT2D eigenvalue weighted by Crippen LogP contribution is -2.30. The van der Waals surface area contributed by atoms with Gasteiger partial charge in [0.05, 0.1) is 19.8 Å². The molecule has 0 unspecified atom stereocenters. The fourth-order valence-electron chi connectivity index (χ4n) is 3.53. The maximum absolute atomic E-state index is 12.7. The minimum absolute atomic E-state index is 0.426. The molecule has 0 N–H and O–H groups in total. The second kappa shape index (κ2) is 6.19. The smallest absolute Gasteiger partial charge is 0.341 e. The average molecular weight is 347 g/mol. The number of ether oxygens (including phenoxy) is 3. The maximum Gasteiger partial charge on any atom is 0.341 e. The van der Waals surface area contributed by atoms with E-state index in [9.17, 15) is 4.79 Å². The van der Waals surface area contributed by atoms with E-state index in [2.05, 4.69) is 4.98 Å². The van der Waals surface area contributed by atoms with E-state index in [1.807, 2.05) is 48.5 Å². The molecule has 0 saturated heterocycles. The summed E-state index contributed by atoms with van der Waals surface area (Å²) in [5, 5.41) is 0. The van der Waals surface area contributed by atoms with Gasteiger partial charge >= 0.3 is 5.97 Å². The summed E-state index contributed by atoms with van der Waals surface area (Å²) >= 11 is 0. The van der Waals surface area contributed by atoms with Crippen molar-refractivity contribution >= 4 is 5.97 Å². The first kappa shape index (κ1) is 16.1. The van der Waals surface area contributed by atoms with Crippen molar-refractivity contribution in [3.05, 3.63) is 89.2 Å². The van der Waals surface area contributed by atoms with E-state index in [1.54, 1.807) is 26.5 Å². The van der Waals surface area contributed by atoms with Crippen LogP contribution in [0, 0.1) is 0 Å². The number of nitrogens with zero attached hydrogens (tertiary/aromatic N) is 1. The number of esters is 1. The number of hydrogen-bond acceptors (Lipinski definition) is 5. The first-order valence-electron chi connectivity index (χ1n) is 8.17. The zero-order chi connectivity index (χ0) is 18.1. The van der Waals surface area contributed by atoms with Gasteiger partial charge in [0.2, 0.25) is 0 Å². The van der Waals surface area contributed by atoms with E-state index in [-0.39, 0.29) is 0 Å². The van der Waals surface area contributed by atoms with Crippen LogP contribution < -0.4 is 9.47 Å². The quantitative estimate of drug-likeness (QED) is 0.676. The minimum atomic E-state index is -1.17. The van der Waals surface area contributed by atoms with E-state index >= 15 is 0 Å². The largest absolute Gasteiger partial charge is 0.496 e. The van der Waals surface area contributed by atoms with Gasteiger partial charge in [0.1, 0.15) is 11.5 Å². The van der Waals surface area contributed by atoms with Gasteiger partial charge in [-0.05, 0) is 18.2 Å². The highest BCUT2D eigenvalue weighted by atomic mass is 16.6. The summed E-state index contributed by atoms with van der Waals surface area (Å²) in [4.78, 5) is 16.8. The SMILES string of the molecule is COc1ccccc1C1(c2ccccc2OC)OC(=O)c2cnccc21. The third kappa shape index (κ3) is 2.17. The summed E-state index contributed by atoms with van der Waals surface area (Å²) in [6.07, 6.45) is 3.19. The minimum Gasteiger partial charge on any atom is -0.496 e. The molecule has 1 aliphatic rings. The number of hydrogen-bond donors (Lipinski definition) is 0. The van der Waals surface area contributed by atoms with Crippen molar-refractivity contribution in [2.24, 2.45) is 0 Å². The average Bonchev–Trinajstić information content (AvgIpc) is 3.01. The zero-order valence-corrected chi connectivity index (χ0v) is 14.4. The molecule has 130 valence electrons. The number of rotatable bonds is 4. The van der Waals surface area contributed by atoms with Crippen LogP contribution in [0.4, 0.5) is 0 Å². The molecule has 1 aliphatic heterocycles. The van der Waals surface area contributed by atoms with Crippen LogP contribution in [0.1, 0.15) is 27.0 Å². The third-order valence-electron chi connectivity index (χ3n) is 4.64. The van der Waals surface area contributed by atoms with Crippen LogP contribution in [0.5, 0.6) is 11.5 Å². The Kier molecular flexibility index (Phi) is 3.84. The normalized spacial score (nSPS) is 14.5. The van der Waals surface area contributed by atoms with Crippen molar-refractivity contribution in [1.29, 1.82) is 0 Å². The standard InChI is InChI=1S/C21H17NO4/c1-24-18-9-5-3-7-16(18)21(17-8-4-6-10-19(17)25-2)15-11-12-22-13-14(15)20(23)26-21/h3-13H,1-2H3. The Balaban J connectivity index is 2.12. The fourth-order valence-corrected chi connectivity index (χ4v) is 3.53. The molecule has 0 bridgehead atoms. The fraction of sp³-hybridized carbons (Fsp3) is 0.143. The van der Waals surface area contributed by atoms with E-state index < -0.39 is 11.6 Å². The topological polar surface area (TPSA) is 57.7 Å². The summed E-state index contributed by atoms with van der Waals surface area (Å²) in [7, 11) is 3.19. The van der Waals surface area contributed by atoms with Crippen molar-refractivity contribution in [1.82, 2.24) is 4.98 Å². The highest BCUT2D eigenvalue weighted by molar-refractivity contribution is 5.96. The molecule has 5 heteroatoms. The maximum atomic E-state index is 12.7. The number of benzene rings is 2. The Bertz CT molecular complexity index is 936. The molecular weight excluding hydrogens is 330 g/mol. The van der Waals surface area contributed by atoms with Gasteiger partial charge in [0, 0.05) is 29.1 Å². The summed E-state index contributed by atoms with van der Waals surface area (Å²) in [6, 6.07) is 16.8. The molecule has 3 aromatic rings. The summed E-state index contributed by atoms with van der Waals surface area (Å²) in [5.41, 5.74) is 1.43. The third-order valence-corrected chi connectivity index (χ3v) is 4.64. The molecule has 2 aromatic carbocycles. The number of carbonyl (C=O) groups excluding carboxylic acids is 1. The number of carbonyl (C=O) groups is 1. The van der Waals surface area contributed by atoms with Crippen LogP contribution in [0.25, 0.3) is 0 Å². The van der Waals surface area contributed by atoms with E-state index in [0.717, 1.165) is 11.1 Å². The van der Waals surface area contributed by atoms with Gasteiger partial charge in [-0.25, -0.2) is 4.79 Å². The van der Waals surface area contributed by atoms with Crippen LogP contribution in [0.3, 0.4) is 0 Å². The lowest BCUT2D eigenvalue weighted by molar-refractivity contribution is 0.0239. The van der Waals surface area contributed by atoms with Crippen molar-refractivity contribution in [2.75, 3.05) is 14.2 Å². The van der Waals surface area contributed by atoms with E-state index in [1.165, 1.54) is 6.20 Å². The van der Waals surface area contributed by atoms with Crippen molar-refractivity contribution in [3.63, 3.8) is 0 Å². The first-order valence-corrected chi connectivity index (χ1v) is 8.17. The second-order valence-electron chi connectivity index (χ2n) is 5.89. The van der Waals surface area contributed by atoms with Crippen LogP contribution in [-0.4, -0.2) is 25.2 Å². The van der Waals surface area contributed by atoms with Gasteiger partial charge in [0.25, 0.3) is 0 Å².